The van der Waals surface area contributed by atoms with Crippen molar-refractivity contribution in [2.75, 3.05) is 20.3 Å². The SMILES string of the molecule is COCCNCc1nnc(-c2cc(F)cc([N+](=O)[O-])c2)s1. The first-order chi connectivity index (χ1) is 10.1. The van der Waals surface area contributed by atoms with Gasteiger partial charge in [0, 0.05) is 31.8 Å². The molecule has 0 spiro atoms. The minimum Gasteiger partial charge on any atom is -0.383 e. The van der Waals surface area contributed by atoms with Crippen LogP contribution in [0.2, 0.25) is 0 Å². The Labute approximate surface area is 123 Å². The molecular weight excluding hydrogens is 299 g/mol. The van der Waals surface area contributed by atoms with Crippen molar-refractivity contribution in [2.45, 2.75) is 6.54 Å². The van der Waals surface area contributed by atoms with E-state index >= 15 is 0 Å². The highest BCUT2D eigenvalue weighted by atomic mass is 32.1. The predicted octanol–water partition coefficient (Wildman–Crippen LogP) is 1.99. The molecule has 1 N–H and O–H groups in total. The Morgan fingerprint density at radius 2 is 2.24 bits per heavy atom. The number of benzene rings is 1. The lowest BCUT2D eigenvalue weighted by molar-refractivity contribution is -0.385. The average molecular weight is 312 g/mol. The number of nitro benzene ring substituents is 1. The Hall–Kier alpha value is -1.97. The van der Waals surface area contributed by atoms with Crippen molar-refractivity contribution in [3.8, 4) is 10.6 Å². The number of halogens is 1. The van der Waals surface area contributed by atoms with Gasteiger partial charge in [-0.05, 0) is 6.07 Å². The van der Waals surface area contributed by atoms with Crippen molar-refractivity contribution in [1.29, 1.82) is 0 Å². The van der Waals surface area contributed by atoms with Crippen LogP contribution in [0, 0.1) is 15.9 Å². The Bertz CT molecular complexity index is 635. The van der Waals surface area contributed by atoms with Gasteiger partial charge >= 0.3 is 0 Å². The van der Waals surface area contributed by atoms with E-state index in [-0.39, 0.29) is 5.69 Å². The van der Waals surface area contributed by atoms with E-state index in [1.54, 1.807) is 7.11 Å². The van der Waals surface area contributed by atoms with Gasteiger partial charge in [0.05, 0.1) is 17.6 Å². The van der Waals surface area contributed by atoms with Crippen LogP contribution in [-0.2, 0) is 11.3 Å². The molecule has 9 heteroatoms. The number of methoxy groups -OCH3 is 1. The molecule has 0 radical (unpaired) electrons. The Morgan fingerprint density at radius 1 is 1.43 bits per heavy atom. The molecule has 2 aromatic rings. The number of nitrogens with one attached hydrogen (secondary N) is 1. The van der Waals surface area contributed by atoms with Gasteiger partial charge in [0.15, 0.2) is 0 Å². The molecule has 21 heavy (non-hydrogen) atoms. The van der Waals surface area contributed by atoms with Gasteiger partial charge in [0.2, 0.25) is 0 Å². The molecule has 0 atom stereocenters. The zero-order chi connectivity index (χ0) is 15.2. The molecule has 0 saturated carbocycles. The van der Waals surface area contributed by atoms with E-state index in [9.17, 15) is 14.5 Å². The molecule has 0 aliphatic heterocycles. The zero-order valence-electron chi connectivity index (χ0n) is 11.2. The maximum Gasteiger partial charge on any atom is 0.273 e. The summed E-state index contributed by atoms with van der Waals surface area (Å²) in [7, 11) is 1.61. The lowest BCUT2D eigenvalue weighted by Gasteiger charge is -1.99. The Kier molecular flexibility index (Phi) is 5.26. The summed E-state index contributed by atoms with van der Waals surface area (Å²) < 4.78 is 18.3. The molecule has 0 fully saturated rings. The Balaban J connectivity index is 2.12. The van der Waals surface area contributed by atoms with E-state index in [2.05, 4.69) is 15.5 Å². The van der Waals surface area contributed by atoms with Gasteiger partial charge in [0.25, 0.3) is 5.69 Å². The van der Waals surface area contributed by atoms with E-state index < -0.39 is 10.7 Å². The molecule has 0 saturated heterocycles. The Morgan fingerprint density at radius 3 is 2.95 bits per heavy atom. The minimum absolute atomic E-state index is 0.306. The smallest absolute Gasteiger partial charge is 0.273 e. The van der Waals surface area contributed by atoms with Gasteiger partial charge in [-0.15, -0.1) is 10.2 Å². The van der Waals surface area contributed by atoms with Crippen LogP contribution < -0.4 is 5.32 Å². The lowest BCUT2D eigenvalue weighted by atomic mass is 10.2. The van der Waals surface area contributed by atoms with Gasteiger partial charge < -0.3 is 10.1 Å². The van der Waals surface area contributed by atoms with Crippen LogP contribution in [0.3, 0.4) is 0 Å². The molecule has 7 nitrogen and oxygen atoms in total. The van der Waals surface area contributed by atoms with Gasteiger partial charge in [0.1, 0.15) is 15.8 Å². The third-order valence-electron chi connectivity index (χ3n) is 2.57. The highest BCUT2D eigenvalue weighted by Gasteiger charge is 2.14. The van der Waals surface area contributed by atoms with Crippen LogP contribution >= 0.6 is 11.3 Å². The molecule has 1 aromatic carbocycles. The highest BCUT2D eigenvalue weighted by molar-refractivity contribution is 7.14. The third-order valence-corrected chi connectivity index (χ3v) is 3.54. The summed E-state index contributed by atoms with van der Waals surface area (Å²) in [6.07, 6.45) is 0. The number of aromatic nitrogens is 2. The number of nitro groups is 1. The zero-order valence-corrected chi connectivity index (χ0v) is 12.0. The minimum atomic E-state index is -0.672. The first-order valence-corrected chi connectivity index (χ1v) is 6.89. The van der Waals surface area contributed by atoms with E-state index in [0.717, 1.165) is 6.07 Å². The van der Waals surface area contributed by atoms with E-state index in [0.29, 0.717) is 35.3 Å². The van der Waals surface area contributed by atoms with Crippen LogP contribution in [0.1, 0.15) is 5.01 Å². The summed E-state index contributed by atoms with van der Waals surface area (Å²) in [6, 6.07) is 3.36. The van der Waals surface area contributed by atoms with Crippen LogP contribution in [-0.4, -0.2) is 35.4 Å². The quantitative estimate of drug-likeness (QED) is 0.478. The first kappa shape index (κ1) is 15.4. The van der Waals surface area contributed by atoms with Gasteiger partial charge in [-0.1, -0.05) is 11.3 Å². The summed E-state index contributed by atoms with van der Waals surface area (Å²) in [4.78, 5) is 10.1. The maximum atomic E-state index is 13.4. The van der Waals surface area contributed by atoms with Crippen LogP contribution in [0.5, 0.6) is 0 Å². The molecule has 1 aromatic heterocycles. The summed E-state index contributed by atoms with van der Waals surface area (Å²) in [5.41, 5.74) is 0.0438. The highest BCUT2D eigenvalue weighted by Crippen LogP contribution is 2.27. The van der Waals surface area contributed by atoms with Crippen LogP contribution in [0.15, 0.2) is 18.2 Å². The van der Waals surface area contributed by atoms with Crippen molar-refractivity contribution in [2.24, 2.45) is 0 Å². The van der Waals surface area contributed by atoms with Crippen molar-refractivity contribution in [3.05, 3.63) is 39.1 Å². The van der Waals surface area contributed by atoms with Crippen molar-refractivity contribution < 1.29 is 14.1 Å². The summed E-state index contributed by atoms with van der Waals surface area (Å²) in [6.45, 7) is 1.77. The van der Waals surface area contributed by atoms with E-state index in [1.165, 1.54) is 23.5 Å². The summed E-state index contributed by atoms with van der Waals surface area (Å²) >= 11 is 1.26. The fraction of sp³-hybridized carbons (Fsp3) is 0.333. The van der Waals surface area contributed by atoms with Gasteiger partial charge in [-0.25, -0.2) is 4.39 Å². The molecule has 2 rings (SSSR count). The second-order valence-electron chi connectivity index (χ2n) is 4.13. The normalized spacial score (nSPS) is 10.8. The second kappa shape index (κ2) is 7.16. The number of ether oxygens (including phenoxy) is 1. The topological polar surface area (TPSA) is 90.2 Å². The van der Waals surface area contributed by atoms with E-state index in [1.807, 2.05) is 0 Å². The lowest BCUT2D eigenvalue weighted by Crippen LogP contribution is -2.18. The van der Waals surface area contributed by atoms with Gasteiger partial charge in [-0.3, -0.25) is 10.1 Å². The number of hydrogen-bond acceptors (Lipinski definition) is 7. The predicted molar refractivity (Wildman–Crippen MR) is 75.5 cm³/mol. The molecule has 0 aliphatic carbocycles. The molecule has 0 unspecified atom stereocenters. The van der Waals surface area contributed by atoms with Gasteiger partial charge in [-0.2, -0.15) is 0 Å². The monoisotopic (exact) mass is 312 g/mol. The molecular formula is C12H13FN4O3S. The number of rotatable bonds is 7. The molecule has 112 valence electrons. The van der Waals surface area contributed by atoms with Crippen molar-refractivity contribution in [3.63, 3.8) is 0 Å². The summed E-state index contributed by atoms with van der Waals surface area (Å²) in [5.74, 6) is -0.672. The largest absolute Gasteiger partial charge is 0.383 e. The van der Waals surface area contributed by atoms with Crippen molar-refractivity contribution >= 4 is 17.0 Å². The third kappa shape index (κ3) is 4.25. The van der Waals surface area contributed by atoms with Crippen molar-refractivity contribution in [1.82, 2.24) is 15.5 Å². The molecule has 0 amide bonds. The fourth-order valence-corrected chi connectivity index (χ4v) is 2.41. The standard InChI is InChI=1S/C12H13FN4O3S/c1-20-3-2-14-7-11-15-16-12(21-11)8-4-9(13)6-10(5-8)17(18)19/h4-6,14H,2-3,7H2,1H3. The van der Waals surface area contributed by atoms with Crippen LogP contribution in [0.25, 0.3) is 10.6 Å². The molecule has 0 aliphatic rings. The number of nitrogens with zero attached hydrogens (tertiary/aromatic N) is 3. The molecule has 0 bridgehead atoms. The van der Waals surface area contributed by atoms with E-state index in [4.69, 9.17) is 4.74 Å². The number of non-ortho nitro benzene ring substituents is 1. The maximum absolute atomic E-state index is 13.4. The fourth-order valence-electron chi connectivity index (χ4n) is 1.61. The van der Waals surface area contributed by atoms with Crippen LogP contribution in [0.4, 0.5) is 10.1 Å². The summed E-state index contributed by atoms with van der Waals surface area (Å²) in [5, 5.41) is 22.9. The second-order valence-corrected chi connectivity index (χ2v) is 5.19. The molecule has 1 heterocycles. The first-order valence-electron chi connectivity index (χ1n) is 6.07. The number of hydrogen-bond donors (Lipinski definition) is 1. The average Bonchev–Trinajstić information content (AvgIpc) is 2.92.